The van der Waals surface area contributed by atoms with Crippen molar-refractivity contribution in [1.82, 2.24) is 4.90 Å². The smallest absolute Gasteiger partial charge is 0.0462 e. The Morgan fingerprint density at radius 1 is 1.36 bits per heavy atom. The van der Waals surface area contributed by atoms with Crippen LogP contribution in [0.2, 0.25) is 6.04 Å². The lowest BCUT2D eigenvalue weighted by Crippen LogP contribution is -2.13. The second-order valence-corrected chi connectivity index (χ2v) is 4.96. The van der Waals surface area contributed by atoms with Gasteiger partial charge in [0, 0.05) is 9.52 Å². The molecule has 0 atom stereocenters. The van der Waals surface area contributed by atoms with Crippen LogP contribution in [0.5, 0.6) is 0 Å². The van der Waals surface area contributed by atoms with E-state index in [2.05, 4.69) is 37.7 Å². The Labute approximate surface area is 73.3 Å². The minimum atomic E-state index is 0.126. The van der Waals surface area contributed by atoms with E-state index in [1.54, 1.807) is 0 Å². The highest BCUT2D eigenvalue weighted by Crippen LogP contribution is 1.89. The predicted molar refractivity (Wildman–Crippen MR) is 56.0 cm³/mol. The highest BCUT2D eigenvalue weighted by atomic mass is 28.2. The van der Waals surface area contributed by atoms with E-state index in [9.17, 15) is 0 Å². The summed E-state index contributed by atoms with van der Waals surface area (Å²) in [4.78, 5) is 2.26. The molecular formula is C9H21NSi. The minimum absolute atomic E-state index is 0.126. The summed E-state index contributed by atoms with van der Waals surface area (Å²) >= 11 is 0. The van der Waals surface area contributed by atoms with E-state index in [-0.39, 0.29) is 9.52 Å². The summed E-state index contributed by atoms with van der Waals surface area (Å²) in [5, 5.41) is 0. The molecule has 0 unspecified atom stereocenters. The Hall–Kier alpha value is -0.0831. The standard InChI is InChI=1S/C9H21NSi/c1-4-5-6-8-11-9-7-10(2)3/h6,8H,4-5,7,9,11H2,1-3H3. The van der Waals surface area contributed by atoms with Crippen LogP contribution in [0.25, 0.3) is 0 Å². The van der Waals surface area contributed by atoms with Gasteiger partial charge in [-0.1, -0.05) is 19.4 Å². The second kappa shape index (κ2) is 8.02. The Balaban J connectivity index is 3.01. The van der Waals surface area contributed by atoms with Gasteiger partial charge in [0.25, 0.3) is 0 Å². The van der Waals surface area contributed by atoms with Crippen LogP contribution in [-0.2, 0) is 0 Å². The third-order valence-electron chi connectivity index (χ3n) is 1.60. The van der Waals surface area contributed by atoms with Crippen LogP contribution in [0.15, 0.2) is 11.8 Å². The minimum Gasteiger partial charge on any atom is -0.310 e. The van der Waals surface area contributed by atoms with Crippen LogP contribution in [0, 0.1) is 0 Å². The van der Waals surface area contributed by atoms with Crippen LogP contribution >= 0.6 is 0 Å². The molecule has 0 spiro atoms. The molecule has 66 valence electrons. The van der Waals surface area contributed by atoms with E-state index in [0.29, 0.717) is 0 Å². The first kappa shape index (κ1) is 10.9. The van der Waals surface area contributed by atoms with Crippen molar-refractivity contribution in [3.63, 3.8) is 0 Å². The van der Waals surface area contributed by atoms with Gasteiger partial charge in [-0.2, -0.15) is 0 Å². The number of hydrogen-bond acceptors (Lipinski definition) is 1. The average Bonchev–Trinajstić information content (AvgIpc) is 1.96. The predicted octanol–water partition coefficient (Wildman–Crippen LogP) is 1.45. The summed E-state index contributed by atoms with van der Waals surface area (Å²) in [5.41, 5.74) is 2.44. The maximum Gasteiger partial charge on any atom is 0.0462 e. The van der Waals surface area contributed by atoms with E-state index < -0.39 is 0 Å². The highest BCUT2D eigenvalue weighted by Gasteiger charge is 1.87. The number of allylic oxidation sites excluding steroid dienone is 1. The molecule has 0 N–H and O–H groups in total. The van der Waals surface area contributed by atoms with Crippen molar-refractivity contribution in [3.8, 4) is 0 Å². The van der Waals surface area contributed by atoms with E-state index in [1.807, 2.05) is 0 Å². The molecule has 0 saturated carbocycles. The first-order chi connectivity index (χ1) is 5.27. The number of rotatable bonds is 6. The topological polar surface area (TPSA) is 3.24 Å². The Bertz CT molecular complexity index is 99.7. The van der Waals surface area contributed by atoms with Crippen LogP contribution in [0.1, 0.15) is 19.8 Å². The molecule has 0 aromatic heterocycles. The SMILES string of the molecule is CCCC=C[SiH2]CCN(C)C. The van der Waals surface area contributed by atoms with Gasteiger partial charge in [0.2, 0.25) is 0 Å². The molecule has 0 fully saturated rings. The fourth-order valence-electron chi connectivity index (χ4n) is 0.928. The highest BCUT2D eigenvalue weighted by molar-refractivity contribution is 6.42. The van der Waals surface area contributed by atoms with Crippen LogP contribution in [0.3, 0.4) is 0 Å². The Morgan fingerprint density at radius 3 is 2.64 bits per heavy atom. The number of unbranched alkanes of at least 4 members (excludes halogenated alkanes) is 1. The fourth-order valence-corrected chi connectivity index (χ4v) is 2.45. The van der Waals surface area contributed by atoms with Gasteiger partial charge < -0.3 is 4.90 Å². The molecule has 0 aliphatic heterocycles. The molecule has 1 nitrogen and oxygen atoms in total. The van der Waals surface area contributed by atoms with Crippen molar-refractivity contribution < 1.29 is 0 Å². The molecule has 0 radical (unpaired) electrons. The maximum atomic E-state index is 2.44. The van der Waals surface area contributed by atoms with Gasteiger partial charge in [0.05, 0.1) is 0 Å². The molecule has 0 rings (SSSR count). The summed E-state index contributed by atoms with van der Waals surface area (Å²) in [6, 6.07) is 1.42. The molecule has 0 aliphatic carbocycles. The number of nitrogens with zero attached hydrogens (tertiary/aromatic N) is 1. The summed E-state index contributed by atoms with van der Waals surface area (Å²) in [7, 11) is 4.41. The van der Waals surface area contributed by atoms with Crippen molar-refractivity contribution in [2.45, 2.75) is 25.8 Å². The van der Waals surface area contributed by atoms with Crippen molar-refractivity contribution in [2.24, 2.45) is 0 Å². The van der Waals surface area contributed by atoms with Crippen LogP contribution < -0.4 is 0 Å². The summed E-state index contributed by atoms with van der Waals surface area (Å²) < 4.78 is 0. The van der Waals surface area contributed by atoms with Crippen LogP contribution in [-0.4, -0.2) is 35.1 Å². The molecule has 0 amide bonds. The maximum absolute atomic E-state index is 2.44. The largest absolute Gasteiger partial charge is 0.310 e. The molecule has 0 aliphatic rings. The zero-order chi connectivity index (χ0) is 8.53. The van der Waals surface area contributed by atoms with Crippen molar-refractivity contribution in [2.75, 3.05) is 20.6 Å². The average molecular weight is 171 g/mol. The molecule has 0 saturated heterocycles. The van der Waals surface area contributed by atoms with Gasteiger partial charge in [0.15, 0.2) is 0 Å². The van der Waals surface area contributed by atoms with Crippen molar-refractivity contribution in [3.05, 3.63) is 11.8 Å². The van der Waals surface area contributed by atoms with E-state index in [4.69, 9.17) is 0 Å². The lowest BCUT2D eigenvalue weighted by molar-refractivity contribution is 0.433. The van der Waals surface area contributed by atoms with E-state index in [1.165, 1.54) is 25.4 Å². The van der Waals surface area contributed by atoms with Crippen LogP contribution in [0.4, 0.5) is 0 Å². The summed E-state index contributed by atoms with van der Waals surface area (Å²) in [5.74, 6) is 0. The first-order valence-corrected chi connectivity index (χ1v) is 6.38. The summed E-state index contributed by atoms with van der Waals surface area (Å²) in [6.45, 7) is 3.49. The lowest BCUT2D eigenvalue weighted by atomic mass is 10.3. The zero-order valence-electron chi connectivity index (χ0n) is 8.14. The number of hydrogen-bond donors (Lipinski definition) is 0. The monoisotopic (exact) mass is 171 g/mol. The molecule has 11 heavy (non-hydrogen) atoms. The van der Waals surface area contributed by atoms with Gasteiger partial charge in [-0.3, -0.25) is 0 Å². The third-order valence-corrected chi connectivity index (χ3v) is 2.99. The van der Waals surface area contributed by atoms with Crippen molar-refractivity contribution in [1.29, 1.82) is 0 Å². The van der Waals surface area contributed by atoms with E-state index >= 15 is 0 Å². The van der Waals surface area contributed by atoms with Gasteiger partial charge in [-0.25, -0.2) is 0 Å². The normalized spacial score (nSPS) is 12.7. The quantitative estimate of drug-likeness (QED) is 0.432. The molecular weight excluding hydrogens is 150 g/mol. The lowest BCUT2D eigenvalue weighted by Gasteiger charge is -2.06. The molecule has 0 bridgehead atoms. The third kappa shape index (κ3) is 9.92. The van der Waals surface area contributed by atoms with Crippen molar-refractivity contribution >= 4 is 9.52 Å². The zero-order valence-corrected chi connectivity index (χ0v) is 9.55. The van der Waals surface area contributed by atoms with E-state index in [0.717, 1.165) is 0 Å². The first-order valence-electron chi connectivity index (χ1n) is 4.57. The second-order valence-electron chi connectivity index (χ2n) is 3.21. The Kier molecular flexibility index (Phi) is 7.96. The summed E-state index contributed by atoms with van der Waals surface area (Å²) in [6.07, 6.45) is 4.91. The Morgan fingerprint density at radius 2 is 2.09 bits per heavy atom. The van der Waals surface area contributed by atoms with Gasteiger partial charge in [0.1, 0.15) is 0 Å². The fraction of sp³-hybridized carbons (Fsp3) is 0.778. The molecule has 2 heteroatoms. The van der Waals surface area contributed by atoms with Gasteiger partial charge in [-0.15, -0.1) is 5.70 Å². The van der Waals surface area contributed by atoms with Gasteiger partial charge in [-0.05, 0) is 33.1 Å². The molecule has 0 aromatic rings. The molecule has 0 heterocycles. The van der Waals surface area contributed by atoms with Gasteiger partial charge >= 0.3 is 0 Å². The molecule has 0 aromatic carbocycles.